The average molecular weight is 431 g/mol. The minimum absolute atomic E-state index is 0.0730. The molecule has 2 N–H and O–H groups in total. The number of fused-ring (bicyclic) bond motifs is 5. The van der Waals surface area contributed by atoms with Gasteiger partial charge in [0.25, 0.3) is 0 Å². The van der Waals surface area contributed by atoms with Gasteiger partial charge in [0.05, 0.1) is 23.8 Å². The highest BCUT2D eigenvalue weighted by molar-refractivity contribution is 5.76. The summed E-state index contributed by atoms with van der Waals surface area (Å²) in [6.45, 7) is 0. The third-order valence-corrected chi connectivity index (χ3v) is 7.69. The fraction of sp³-hybridized carbons (Fsp3) is 0.385. The van der Waals surface area contributed by atoms with Gasteiger partial charge in [-0.05, 0) is 67.7 Å². The lowest BCUT2D eigenvalue weighted by Gasteiger charge is -2.47. The van der Waals surface area contributed by atoms with Gasteiger partial charge < -0.3 is 15.2 Å². The quantitative estimate of drug-likeness (QED) is 0.619. The Kier molecular flexibility index (Phi) is 4.56. The molecule has 164 valence electrons. The second kappa shape index (κ2) is 7.47. The Morgan fingerprint density at radius 3 is 2.59 bits per heavy atom. The van der Waals surface area contributed by atoms with E-state index >= 15 is 0 Å². The lowest BCUT2D eigenvalue weighted by atomic mass is 9.68. The topological polar surface area (TPSA) is 59.0 Å². The normalized spacial score (nSPS) is 28.0. The standard InChI is InChI=1S/C26H27FN4O/c27-19-5-3-4-18(12-19)17-8-10-20(11-9-17)29-25(32)30-21-13-26(14-21)23-7-2-1-6-22(23)24-15-28-16-31(24)26/h1-7,12,15-17,20-21H,8-11,13-14H2,(H2,29,30,32). The van der Waals surface area contributed by atoms with Crippen LogP contribution < -0.4 is 10.6 Å². The van der Waals surface area contributed by atoms with Crippen LogP contribution in [0.15, 0.2) is 61.1 Å². The third kappa shape index (κ3) is 3.12. The van der Waals surface area contributed by atoms with E-state index in [0.717, 1.165) is 44.1 Å². The summed E-state index contributed by atoms with van der Waals surface area (Å²) in [7, 11) is 0. The molecular formula is C26H27FN4O. The Balaban J connectivity index is 1.04. The molecule has 6 rings (SSSR count). The van der Waals surface area contributed by atoms with Crippen molar-refractivity contribution in [1.29, 1.82) is 0 Å². The highest BCUT2D eigenvalue weighted by Crippen LogP contribution is 2.54. The number of benzene rings is 2. The van der Waals surface area contributed by atoms with Crippen LogP contribution in [0.5, 0.6) is 0 Å². The molecule has 1 aromatic heterocycles. The van der Waals surface area contributed by atoms with E-state index in [2.05, 4.69) is 44.5 Å². The van der Waals surface area contributed by atoms with Crippen molar-refractivity contribution in [2.24, 2.45) is 0 Å². The molecule has 1 spiro atoms. The van der Waals surface area contributed by atoms with Crippen molar-refractivity contribution >= 4 is 6.03 Å². The first-order valence-corrected chi connectivity index (χ1v) is 11.6. The first-order valence-electron chi connectivity index (χ1n) is 11.6. The number of imidazole rings is 1. The Bertz CT molecular complexity index is 1160. The Morgan fingerprint density at radius 2 is 1.78 bits per heavy atom. The molecule has 2 aromatic carbocycles. The van der Waals surface area contributed by atoms with Gasteiger partial charge in [-0.15, -0.1) is 0 Å². The average Bonchev–Trinajstić information content (AvgIpc) is 3.35. The van der Waals surface area contributed by atoms with E-state index in [1.165, 1.54) is 22.9 Å². The van der Waals surface area contributed by atoms with Crippen LogP contribution in [-0.2, 0) is 5.54 Å². The minimum atomic E-state index is -0.173. The molecule has 2 saturated carbocycles. The summed E-state index contributed by atoms with van der Waals surface area (Å²) in [5.41, 5.74) is 4.75. The molecule has 2 aliphatic carbocycles. The monoisotopic (exact) mass is 430 g/mol. The number of rotatable bonds is 3. The Hall–Kier alpha value is -3.15. The SMILES string of the molecule is O=C(NC1CCC(c2cccc(F)c2)CC1)NC1CC2(C1)c1ccccc1-c1cncn12. The number of carbonyl (C=O) groups is 1. The van der Waals surface area contributed by atoms with E-state index in [4.69, 9.17) is 0 Å². The molecule has 3 aliphatic rings. The van der Waals surface area contributed by atoms with Crippen molar-refractivity contribution in [2.45, 2.75) is 62.1 Å². The summed E-state index contributed by atoms with van der Waals surface area (Å²) in [5.74, 6) is 0.207. The van der Waals surface area contributed by atoms with Crippen LogP contribution in [0.2, 0.25) is 0 Å². The fourth-order valence-electron chi connectivity index (χ4n) is 6.10. The zero-order valence-electron chi connectivity index (χ0n) is 17.9. The molecular weight excluding hydrogens is 403 g/mol. The minimum Gasteiger partial charge on any atom is -0.335 e. The molecule has 0 radical (unpaired) electrons. The predicted octanol–water partition coefficient (Wildman–Crippen LogP) is 4.93. The molecule has 2 amide bonds. The maximum absolute atomic E-state index is 13.5. The third-order valence-electron chi connectivity index (χ3n) is 7.69. The lowest BCUT2D eigenvalue weighted by molar-refractivity contribution is 0.144. The van der Waals surface area contributed by atoms with Gasteiger partial charge in [0.15, 0.2) is 0 Å². The van der Waals surface area contributed by atoms with Crippen LogP contribution in [0.1, 0.15) is 55.6 Å². The maximum atomic E-state index is 13.5. The summed E-state index contributed by atoms with van der Waals surface area (Å²) in [6.07, 6.45) is 9.41. The van der Waals surface area contributed by atoms with Gasteiger partial charge in [0.2, 0.25) is 0 Å². The first-order chi connectivity index (χ1) is 15.6. The van der Waals surface area contributed by atoms with E-state index in [1.54, 1.807) is 12.1 Å². The Morgan fingerprint density at radius 1 is 1.00 bits per heavy atom. The van der Waals surface area contributed by atoms with Crippen molar-refractivity contribution in [2.75, 3.05) is 0 Å². The molecule has 0 atom stereocenters. The molecule has 0 unspecified atom stereocenters. The Labute approximate surface area is 187 Å². The summed E-state index contributed by atoms with van der Waals surface area (Å²) in [4.78, 5) is 17.0. The molecule has 0 bridgehead atoms. The lowest BCUT2D eigenvalue weighted by Crippen LogP contribution is -2.58. The number of hydrogen-bond acceptors (Lipinski definition) is 2. The molecule has 3 aromatic rings. The molecule has 6 heteroatoms. The van der Waals surface area contributed by atoms with E-state index in [1.807, 2.05) is 18.6 Å². The highest BCUT2D eigenvalue weighted by Gasteiger charge is 2.52. The maximum Gasteiger partial charge on any atom is 0.315 e. The number of carbonyl (C=O) groups excluding carboxylic acids is 1. The first kappa shape index (κ1) is 19.5. The molecule has 5 nitrogen and oxygen atoms in total. The van der Waals surface area contributed by atoms with Crippen LogP contribution in [0.3, 0.4) is 0 Å². The van der Waals surface area contributed by atoms with Gasteiger partial charge in [-0.25, -0.2) is 14.2 Å². The second-order valence-corrected chi connectivity index (χ2v) is 9.55. The summed E-state index contributed by atoms with van der Waals surface area (Å²) in [6, 6.07) is 15.7. The summed E-state index contributed by atoms with van der Waals surface area (Å²) in [5, 5.41) is 6.36. The molecule has 0 saturated heterocycles. The van der Waals surface area contributed by atoms with Gasteiger partial charge in [0, 0.05) is 17.6 Å². The van der Waals surface area contributed by atoms with Gasteiger partial charge in [-0.3, -0.25) is 0 Å². The van der Waals surface area contributed by atoms with Gasteiger partial charge >= 0.3 is 6.03 Å². The number of hydrogen-bond donors (Lipinski definition) is 2. The van der Waals surface area contributed by atoms with E-state index in [-0.39, 0.29) is 29.5 Å². The number of nitrogens with one attached hydrogen (secondary N) is 2. The van der Waals surface area contributed by atoms with Gasteiger partial charge in [-0.2, -0.15) is 0 Å². The molecule has 2 heterocycles. The van der Waals surface area contributed by atoms with Gasteiger partial charge in [-0.1, -0.05) is 36.4 Å². The highest BCUT2D eigenvalue weighted by atomic mass is 19.1. The molecule has 2 fully saturated rings. The van der Waals surface area contributed by atoms with E-state index in [0.29, 0.717) is 5.92 Å². The van der Waals surface area contributed by atoms with Crippen molar-refractivity contribution in [3.63, 3.8) is 0 Å². The van der Waals surface area contributed by atoms with Crippen LogP contribution in [0.4, 0.5) is 9.18 Å². The molecule has 1 aliphatic heterocycles. The van der Waals surface area contributed by atoms with Crippen molar-refractivity contribution in [1.82, 2.24) is 20.2 Å². The van der Waals surface area contributed by atoms with Crippen LogP contribution in [0.25, 0.3) is 11.3 Å². The van der Waals surface area contributed by atoms with Crippen LogP contribution in [0, 0.1) is 5.82 Å². The van der Waals surface area contributed by atoms with Crippen LogP contribution >= 0.6 is 0 Å². The number of amides is 2. The predicted molar refractivity (Wildman–Crippen MR) is 121 cm³/mol. The number of halogens is 1. The van der Waals surface area contributed by atoms with Gasteiger partial charge in [0.1, 0.15) is 5.82 Å². The fourth-order valence-corrected chi connectivity index (χ4v) is 6.10. The summed E-state index contributed by atoms with van der Waals surface area (Å²) < 4.78 is 15.8. The van der Waals surface area contributed by atoms with E-state index < -0.39 is 0 Å². The second-order valence-electron chi connectivity index (χ2n) is 9.55. The zero-order chi connectivity index (χ0) is 21.7. The van der Waals surface area contributed by atoms with E-state index in [9.17, 15) is 9.18 Å². The van der Waals surface area contributed by atoms with Crippen molar-refractivity contribution in [3.05, 3.63) is 78.0 Å². The summed E-state index contributed by atoms with van der Waals surface area (Å²) >= 11 is 0. The van der Waals surface area contributed by atoms with Crippen molar-refractivity contribution in [3.8, 4) is 11.3 Å². The number of urea groups is 1. The smallest absolute Gasteiger partial charge is 0.315 e. The zero-order valence-corrected chi connectivity index (χ0v) is 17.9. The largest absolute Gasteiger partial charge is 0.335 e. The van der Waals surface area contributed by atoms with Crippen LogP contribution in [-0.4, -0.2) is 27.7 Å². The van der Waals surface area contributed by atoms with Crippen molar-refractivity contribution < 1.29 is 9.18 Å². The molecule has 32 heavy (non-hydrogen) atoms. The number of nitrogens with zero attached hydrogens (tertiary/aromatic N) is 2. The number of aromatic nitrogens is 2.